The van der Waals surface area contributed by atoms with Crippen LogP contribution in [-0.2, 0) is 4.74 Å². The molecule has 92 valence electrons. The molecule has 0 spiro atoms. The topological polar surface area (TPSA) is 55.8 Å². The van der Waals surface area contributed by atoms with Crippen molar-refractivity contribution in [2.75, 3.05) is 13.2 Å². The van der Waals surface area contributed by atoms with Crippen molar-refractivity contribution in [2.24, 2.45) is 0 Å². The highest BCUT2D eigenvalue weighted by atomic mass is 16.5. The van der Waals surface area contributed by atoms with Crippen LogP contribution in [0.4, 0.5) is 0 Å². The molecule has 1 aliphatic rings. The van der Waals surface area contributed by atoms with Crippen LogP contribution in [0.3, 0.4) is 0 Å². The van der Waals surface area contributed by atoms with Crippen LogP contribution in [0.1, 0.15) is 28.8 Å². The van der Waals surface area contributed by atoms with Gasteiger partial charge >= 0.3 is 5.97 Å². The second kappa shape index (κ2) is 5.19. The average molecular weight is 236 g/mol. The number of benzene rings is 1. The lowest BCUT2D eigenvalue weighted by molar-refractivity contribution is 0.0252. The van der Waals surface area contributed by atoms with Crippen molar-refractivity contribution < 1.29 is 19.4 Å². The molecule has 0 aliphatic carbocycles. The number of rotatable bonds is 3. The molecule has 0 unspecified atom stereocenters. The molecule has 17 heavy (non-hydrogen) atoms. The van der Waals surface area contributed by atoms with Crippen LogP contribution in [0.2, 0.25) is 0 Å². The van der Waals surface area contributed by atoms with Gasteiger partial charge in [-0.05, 0) is 19.1 Å². The molecule has 0 aromatic heterocycles. The van der Waals surface area contributed by atoms with Crippen LogP contribution in [-0.4, -0.2) is 30.4 Å². The van der Waals surface area contributed by atoms with Crippen molar-refractivity contribution in [3.05, 3.63) is 29.3 Å². The van der Waals surface area contributed by atoms with E-state index in [4.69, 9.17) is 14.6 Å². The van der Waals surface area contributed by atoms with Gasteiger partial charge in [0.15, 0.2) is 0 Å². The zero-order chi connectivity index (χ0) is 12.3. The van der Waals surface area contributed by atoms with Gasteiger partial charge in [-0.15, -0.1) is 0 Å². The largest absolute Gasteiger partial charge is 0.490 e. The van der Waals surface area contributed by atoms with Gasteiger partial charge in [-0.2, -0.15) is 0 Å². The van der Waals surface area contributed by atoms with Crippen LogP contribution in [0, 0.1) is 6.92 Å². The van der Waals surface area contributed by atoms with Crippen LogP contribution in [0.5, 0.6) is 5.75 Å². The summed E-state index contributed by atoms with van der Waals surface area (Å²) >= 11 is 0. The predicted molar refractivity (Wildman–Crippen MR) is 62.6 cm³/mol. The Balaban J connectivity index is 2.15. The minimum atomic E-state index is -0.917. The Kier molecular flexibility index (Phi) is 3.64. The molecule has 1 aromatic carbocycles. The van der Waals surface area contributed by atoms with Gasteiger partial charge < -0.3 is 14.6 Å². The first-order valence-corrected chi connectivity index (χ1v) is 5.76. The van der Waals surface area contributed by atoms with Gasteiger partial charge in [-0.3, -0.25) is 0 Å². The Morgan fingerprint density at radius 2 is 2.12 bits per heavy atom. The molecule has 1 aliphatic heterocycles. The van der Waals surface area contributed by atoms with Crippen LogP contribution in [0.25, 0.3) is 0 Å². The number of hydrogen-bond donors (Lipinski definition) is 1. The highest BCUT2D eigenvalue weighted by molar-refractivity contribution is 5.90. The lowest BCUT2D eigenvalue weighted by Crippen LogP contribution is -2.26. The van der Waals surface area contributed by atoms with Crippen molar-refractivity contribution in [3.63, 3.8) is 0 Å². The van der Waals surface area contributed by atoms with Crippen molar-refractivity contribution in [1.29, 1.82) is 0 Å². The number of aromatic carboxylic acids is 1. The summed E-state index contributed by atoms with van der Waals surface area (Å²) in [4.78, 5) is 11.0. The highest BCUT2D eigenvalue weighted by Gasteiger charge is 2.18. The maximum atomic E-state index is 11.0. The van der Waals surface area contributed by atoms with Gasteiger partial charge in [-0.1, -0.05) is 6.07 Å². The van der Waals surface area contributed by atoms with E-state index in [2.05, 4.69) is 0 Å². The first kappa shape index (κ1) is 11.9. The van der Waals surface area contributed by atoms with E-state index < -0.39 is 5.97 Å². The third-order valence-electron chi connectivity index (χ3n) is 2.98. The molecule has 0 saturated carbocycles. The van der Waals surface area contributed by atoms with Gasteiger partial charge in [0.1, 0.15) is 11.9 Å². The Bertz CT molecular complexity index is 408. The van der Waals surface area contributed by atoms with Crippen molar-refractivity contribution >= 4 is 5.97 Å². The molecule has 1 saturated heterocycles. The molecule has 0 bridgehead atoms. The maximum absolute atomic E-state index is 11.0. The third kappa shape index (κ3) is 2.77. The van der Waals surface area contributed by atoms with Gasteiger partial charge in [0, 0.05) is 18.4 Å². The summed E-state index contributed by atoms with van der Waals surface area (Å²) in [6.07, 6.45) is 1.85. The Morgan fingerprint density at radius 3 is 2.76 bits per heavy atom. The monoisotopic (exact) mass is 236 g/mol. The second-order valence-corrected chi connectivity index (χ2v) is 4.16. The first-order valence-electron chi connectivity index (χ1n) is 5.76. The molecule has 1 aromatic rings. The molecule has 1 fully saturated rings. The summed E-state index contributed by atoms with van der Waals surface area (Å²) in [5.74, 6) is -0.253. The minimum absolute atomic E-state index is 0.131. The van der Waals surface area contributed by atoms with Gasteiger partial charge in [0.2, 0.25) is 0 Å². The molecule has 4 heteroatoms. The summed E-state index contributed by atoms with van der Waals surface area (Å²) in [5.41, 5.74) is 0.987. The number of hydrogen-bond acceptors (Lipinski definition) is 3. The van der Waals surface area contributed by atoms with E-state index in [0.29, 0.717) is 30.1 Å². The fraction of sp³-hybridized carbons (Fsp3) is 0.462. The van der Waals surface area contributed by atoms with E-state index in [1.807, 2.05) is 6.07 Å². The van der Waals surface area contributed by atoms with E-state index in [-0.39, 0.29) is 6.10 Å². The molecule has 1 heterocycles. The summed E-state index contributed by atoms with van der Waals surface area (Å²) in [5, 5.41) is 9.02. The minimum Gasteiger partial charge on any atom is -0.490 e. The van der Waals surface area contributed by atoms with E-state index in [1.54, 1.807) is 19.1 Å². The van der Waals surface area contributed by atoms with Crippen molar-refractivity contribution in [1.82, 2.24) is 0 Å². The molecule has 1 N–H and O–H groups in total. The fourth-order valence-electron chi connectivity index (χ4n) is 1.95. The Labute approximate surface area is 100 Å². The maximum Gasteiger partial charge on any atom is 0.336 e. The molecule has 2 rings (SSSR count). The van der Waals surface area contributed by atoms with Crippen LogP contribution in [0.15, 0.2) is 18.2 Å². The second-order valence-electron chi connectivity index (χ2n) is 4.16. The zero-order valence-corrected chi connectivity index (χ0v) is 9.81. The zero-order valence-electron chi connectivity index (χ0n) is 9.81. The molecule has 0 amide bonds. The number of carbonyl (C=O) groups is 1. The van der Waals surface area contributed by atoms with Gasteiger partial charge in [-0.25, -0.2) is 4.79 Å². The summed E-state index contributed by atoms with van der Waals surface area (Å²) < 4.78 is 11.1. The fourth-order valence-corrected chi connectivity index (χ4v) is 1.95. The summed E-state index contributed by atoms with van der Waals surface area (Å²) in [6.45, 7) is 3.20. The van der Waals surface area contributed by atoms with E-state index >= 15 is 0 Å². The summed E-state index contributed by atoms with van der Waals surface area (Å²) in [6, 6.07) is 5.12. The standard InChI is InChI=1S/C13H16O4/c1-9-11(13(14)15)3-2-4-12(9)17-10-5-7-16-8-6-10/h2-4,10H,5-8H2,1H3,(H,14,15). The Morgan fingerprint density at radius 1 is 1.41 bits per heavy atom. The van der Waals surface area contributed by atoms with Crippen LogP contribution < -0.4 is 4.74 Å². The summed E-state index contributed by atoms with van der Waals surface area (Å²) in [7, 11) is 0. The van der Waals surface area contributed by atoms with Crippen molar-refractivity contribution in [3.8, 4) is 5.75 Å². The van der Waals surface area contributed by atoms with E-state index in [9.17, 15) is 4.79 Å². The normalized spacial score (nSPS) is 16.8. The van der Waals surface area contributed by atoms with Crippen molar-refractivity contribution in [2.45, 2.75) is 25.9 Å². The lowest BCUT2D eigenvalue weighted by Gasteiger charge is -2.24. The molecule has 4 nitrogen and oxygen atoms in total. The third-order valence-corrected chi connectivity index (χ3v) is 2.98. The van der Waals surface area contributed by atoms with Gasteiger partial charge in [0.25, 0.3) is 0 Å². The number of carboxylic acids is 1. The SMILES string of the molecule is Cc1c(OC2CCOCC2)cccc1C(=O)O. The molecule has 0 radical (unpaired) electrons. The quantitative estimate of drug-likeness (QED) is 0.874. The number of ether oxygens (including phenoxy) is 2. The number of carboxylic acid groups (broad SMARTS) is 1. The highest BCUT2D eigenvalue weighted by Crippen LogP contribution is 2.24. The molecular formula is C13H16O4. The molecule has 0 atom stereocenters. The average Bonchev–Trinajstić information content (AvgIpc) is 2.33. The lowest BCUT2D eigenvalue weighted by atomic mass is 10.1. The molecular weight excluding hydrogens is 220 g/mol. The van der Waals surface area contributed by atoms with E-state index in [0.717, 1.165) is 12.8 Å². The predicted octanol–water partition coefficient (Wildman–Crippen LogP) is 2.25. The van der Waals surface area contributed by atoms with Gasteiger partial charge in [0.05, 0.1) is 18.8 Å². The van der Waals surface area contributed by atoms with E-state index in [1.165, 1.54) is 0 Å². The Hall–Kier alpha value is -1.55. The first-order chi connectivity index (χ1) is 8.18. The smallest absolute Gasteiger partial charge is 0.336 e. The van der Waals surface area contributed by atoms with Crippen LogP contribution >= 0.6 is 0 Å².